The molecule has 0 aliphatic carbocycles. The minimum atomic E-state index is -0.264. The Morgan fingerprint density at radius 3 is 2.77 bits per heavy atom. The molecule has 2 heteroatoms. The second kappa shape index (κ2) is 4.97. The maximum absolute atomic E-state index is 9.73. The summed E-state index contributed by atoms with van der Waals surface area (Å²) in [6, 6.07) is 5.81. The molecule has 0 spiro atoms. The van der Waals surface area contributed by atoms with E-state index in [1.165, 1.54) is 0 Å². The summed E-state index contributed by atoms with van der Waals surface area (Å²) in [6.45, 7) is 4.09. The molecule has 0 aliphatic rings. The number of hydrogen-bond acceptors (Lipinski definition) is 2. The molecule has 1 heterocycles. The van der Waals surface area contributed by atoms with Gasteiger partial charge in [0.1, 0.15) is 0 Å². The van der Waals surface area contributed by atoms with Crippen molar-refractivity contribution in [3.63, 3.8) is 0 Å². The van der Waals surface area contributed by atoms with E-state index in [1.54, 1.807) is 6.20 Å². The molecule has 2 atom stereocenters. The molecular formula is C11H17NO. The normalized spacial score (nSPS) is 15.3. The monoisotopic (exact) mass is 179 g/mol. The molecule has 13 heavy (non-hydrogen) atoms. The molecular weight excluding hydrogens is 162 g/mol. The molecule has 2 unspecified atom stereocenters. The van der Waals surface area contributed by atoms with E-state index in [-0.39, 0.29) is 12.0 Å². The van der Waals surface area contributed by atoms with Crippen molar-refractivity contribution in [1.29, 1.82) is 0 Å². The SMILES string of the molecule is CCCC(O)C(C)c1ccccn1. The first-order chi connectivity index (χ1) is 6.25. The van der Waals surface area contributed by atoms with Crippen LogP contribution in [0.25, 0.3) is 0 Å². The summed E-state index contributed by atoms with van der Waals surface area (Å²) in [4.78, 5) is 4.22. The molecule has 1 aromatic heterocycles. The summed E-state index contributed by atoms with van der Waals surface area (Å²) in [5, 5.41) is 9.73. The summed E-state index contributed by atoms with van der Waals surface area (Å²) in [5.41, 5.74) is 0.975. The fraction of sp³-hybridized carbons (Fsp3) is 0.545. The van der Waals surface area contributed by atoms with Crippen LogP contribution in [0.5, 0.6) is 0 Å². The highest BCUT2D eigenvalue weighted by molar-refractivity contribution is 5.09. The van der Waals surface area contributed by atoms with E-state index in [0.29, 0.717) is 0 Å². The fourth-order valence-electron chi connectivity index (χ4n) is 1.39. The van der Waals surface area contributed by atoms with Gasteiger partial charge in [0.25, 0.3) is 0 Å². The predicted octanol–water partition coefficient (Wildman–Crippen LogP) is 2.35. The van der Waals surface area contributed by atoms with Gasteiger partial charge in [-0.25, -0.2) is 0 Å². The van der Waals surface area contributed by atoms with Gasteiger partial charge < -0.3 is 5.11 Å². The van der Waals surface area contributed by atoms with Crippen molar-refractivity contribution in [1.82, 2.24) is 4.98 Å². The first kappa shape index (κ1) is 10.2. The van der Waals surface area contributed by atoms with E-state index in [9.17, 15) is 5.11 Å². The molecule has 0 saturated heterocycles. The Morgan fingerprint density at radius 1 is 1.46 bits per heavy atom. The summed E-state index contributed by atoms with van der Waals surface area (Å²) in [5.74, 6) is 0.140. The second-order valence-electron chi connectivity index (χ2n) is 3.40. The van der Waals surface area contributed by atoms with Crippen molar-refractivity contribution in [3.8, 4) is 0 Å². The topological polar surface area (TPSA) is 33.1 Å². The van der Waals surface area contributed by atoms with Gasteiger partial charge in [0.05, 0.1) is 6.10 Å². The molecule has 0 saturated carbocycles. The lowest BCUT2D eigenvalue weighted by atomic mass is 9.97. The van der Waals surface area contributed by atoms with Crippen molar-refractivity contribution >= 4 is 0 Å². The van der Waals surface area contributed by atoms with Crippen LogP contribution >= 0.6 is 0 Å². The number of aliphatic hydroxyl groups excluding tert-OH is 1. The van der Waals surface area contributed by atoms with Crippen molar-refractivity contribution in [3.05, 3.63) is 30.1 Å². The van der Waals surface area contributed by atoms with E-state index in [0.717, 1.165) is 18.5 Å². The van der Waals surface area contributed by atoms with E-state index < -0.39 is 0 Å². The van der Waals surface area contributed by atoms with Gasteiger partial charge >= 0.3 is 0 Å². The number of hydrogen-bond donors (Lipinski definition) is 1. The van der Waals surface area contributed by atoms with Crippen molar-refractivity contribution in [2.24, 2.45) is 0 Å². The van der Waals surface area contributed by atoms with Crippen LogP contribution in [0.1, 0.15) is 38.3 Å². The quantitative estimate of drug-likeness (QED) is 0.769. The summed E-state index contributed by atoms with van der Waals surface area (Å²) in [7, 11) is 0. The minimum Gasteiger partial charge on any atom is -0.392 e. The van der Waals surface area contributed by atoms with Crippen LogP contribution in [0.3, 0.4) is 0 Å². The second-order valence-corrected chi connectivity index (χ2v) is 3.40. The highest BCUT2D eigenvalue weighted by atomic mass is 16.3. The lowest BCUT2D eigenvalue weighted by Gasteiger charge is -2.17. The third-order valence-corrected chi connectivity index (χ3v) is 2.32. The van der Waals surface area contributed by atoms with E-state index in [4.69, 9.17) is 0 Å². The van der Waals surface area contributed by atoms with Gasteiger partial charge in [-0.1, -0.05) is 26.3 Å². The Labute approximate surface area is 79.6 Å². The average molecular weight is 179 g/mol. The first-order valence-corrected chi connectivity index (χ1v) is 4.84. The molecule has 0 radical (unpaired) electrons. The van der Waals surface area contributed by atoms with Crippen LogP contribution in [0.15, 0.2) is 24.4 Å². The Morgan fingerprint density at radius 2 is 2.23 bits per heavy atom. The zero-order valence-electron chi connectivity index (χ0n) is 8.27. The summed E-state index contributed by atoms with van der Waals surface area (Å²) in [6.07, 6.45) is 3.36. The van der Waals surface area contributed by atoms with Gasteiger partial charge in [-0.05, 0) is 18.6 Å². The lowest BCUT2D eigenvalue weighted by molar-refractivity contribution is 0.137. The van der Waals surface area contributed by atoms with Crippen LogP contribution < -0.4 is 0 Å². The maximum atomic E-state index is 9.73. The first-order valence-electron chi connectivity index (χ1n) is 4.84. The Kier molecular flexibility index (Phi) is 3.90. The van der Waals surface area contributed by atoms with Crippen LogP contribution in [-0.2, 0) is 0 Å². The van der Waals surface area contributed by atoms with Gasteiger partial charge in [-0.2, -0.15) is 0 Å². The van der Waals surface area contributed by atoms with E-state index >= 15 is 0 Å². The fourth-order valence-corrected chi connectivity index (χ4v) is 1.39. The Bertz CT molecular complexity index is 235. The number of pyridine rings is 1. The number of nitrogens with zero attached hydrogens (tertiary/aromatic N) is 1. The van der Waals surface area contributed by atoms with Crippen molar-refractivity contribution in [2.75, 3.05) is 0 Å². The number of aromatic nitrogens is 1. The van der Waals surface area contributed by atoms with Crippen LogP contribution in [0, 0.1) is 0 Å². The molecule has 2 nitrogen and oxygen atoms in total. The smallest absolute Gasteiger partial charge is 0.0621 e. The molecule has 0 bridgehead atoms. The lowest BCUT2D eigenvalue weighted by Crippen LogP contribution is -2.16. The molecule has 1 N–H and O–H groups in total. The highest BCUT2D eigenvalue weighted by Crippen LogP contribution is 2.19. The van der Waals surface area contributed by atoms with Crippen molar-refractivity contribution in [2.45, 2.75) is 38.7 Å². The molecule has 1 aromatic rings. The van der Waals surface area contributed by atoms with Gasteiger partial charge in [-0.3, -0.25) is 4.98 Å². The number of aliphatic hydroxyl groups is 1. The molecule has 1 rings (SSSR count). The third-order valence-electron chi connectivity index (χ3n) is 2.32. The predicted molar refractivity (Wildman–Crippen MR) is 53.6 cm³/mol. The van der Waals surface area contributed by atoms with E-state index in [2.05, 4.69) is 11.9 Å². The molecule has 0 aromatic carbocycles. The molecule has 0 amide bonds. The molecule has 0 aliphatic heterocycles. The average Bonchev–Trinajstić information content (AvgIpc) is 2.18. The van der Waals surface area contributed by atoms with Gasteiger partial charge in [0, 0.05) is 17.8 Å². The van der Waals surface area contributed by atoms with Gasteiger partial charge in [0.15, 0.2) is 0 Å². The van der Waals surface area contributed by atoms with Gasteiger partial charge in [-0.15, -0.1) is 0 Å². The van der Waals surface area contributed by atoms with E-state index in [1.807, 2.05) is 25.1 Å². The summed E-state index contributed by atoms with van der Waals surface area (Å²) >= 11 is 0. The molecule has 72 valence electrons. The zero-order valence-corrected chi connectivity index (χ0v) is 8.27. The minimum absolute atomic E-state index is 0.140. The third kappa shape index (κ3) is 2.81. The Balaban J connectivity index is 2.62. The van der Waals surface area contributed by atoms with Crippen molar-refractivity contribution < 1.29 is 5.11 Å². The Hall–Kier alpha value is -0.890. The highest BCUT2D eigenvalue weighted by Gasteiger charge is 2.15. The standard InChI is InChI=1S/C11H17NO/c1-3-6-11(13)9(2)10-7-4-5-8-12-10/h4-5,7-9,11,13H,3,6H2,1-2H3. The van der Waals surface area contributed by atoms with Crippen LogP contribution in [0.4, 0.5) is 0 Å². The maximum Gasteiger partial charge on any atom is 0.0621 e. The number of rotatable bonds is 4. The zero-order chi connectivity index (χ0) is 9.68. The van der Waals surface area contributed by atoms with Crippen LogP contribution in [0.2, 0.25) is 0 Å². The summed E-state index contributed by atoms with van der Waals surface area (Å²) < 4.78 is 0. The molecule has 0 fully saturated rings. The van der Waals surface area contributed by atoms with Crippen LogP contribution in [-0.4, -0.2) is 16.2 Å². The van der Waals surface area contributed by atoms with Gasteiger partial charge in [0.2, 0.25) is 0 Å². The largest absolute Gasteiger partial charge is 0.392 e.